The van der Waals surface area contributed by atoms with Crippen LogP contribution in [0.2, 0.25) is 0 Å². The minimum atomic E-state index is -3.60. The lowest BCUT2D eigenvalue weighted by atomic mass is 10.1. The summed E-state index contributed by atoms with van der Waals surface area (Å²) in [7, 11) is -3.60. The van der Waals surface area contributed by atoms with Crippen LogP contribution in [0.5, 0.6) is 0 Å². The number of hydrogen-bond acceptors (Lipinski definition) is 4. The predicted molar refractivity (Wildman–Crippen MR) is 96.5 cm³/mol. The van der Waals surface area contributed by atoms with Gasteiger partial charge >= 0.3 is 0 Å². The van der Waals surface area contributed by atoms with Crippen molar-refractivity contribution in [3.8, 4) is 16.5 Å². The van der Waals surface area contributed by atoms with Crippen LogP contribution in [0.4, 0.5) is 5.69 Å². The zero-order valence-corrected chi connectivity index (χ0v) is 14.5. The largest absolute Gasteiger partial charge is 0.279 e. The summed E-state index contributed by atoms with van der Waals surface area (Å²) >= 11 is 1.44. The molecule has 2 aromatic carbocycles. The molecule has 0 aliphatic rings. The summed E-state index contributed by atoms with van der Waals surface area (Å²) in [5.41, 5.74) is 3.07. The van der Waals surface area contributed by atoms with Crippen molar-refractivity contribution in [2.24, 2.45) is 0 Å². The lowest BCUT2D eigenvalue weighted by Crippen LogP contribution is -2.12. The SMILES string of the molecule is Cc1ccc(S(=O)(=O)Nc2csc(-c3ccc(C#N)cc3)c2)cc1. The van der Waals surface area contributed by atoms with Crippen LogP contribution in [-0.2, 0) is 10.0 Å². The molecule has 0 atom stereocenters. The van der Waals surface area contributed by atoms with E-state index in [2.05, 4.69) is 10.8 Å². The molecule has 120 valence electrons. The van der Waals surface area contributed by atoms with E-state index in [4.69, 9.17) is 5.26 Å². The average molecular weight is 354 g/mol. The Labute approximate surface area is 145 Å². The van der Waals surface area contributed by atoms with Gasteiger partial charge in [0.15, 0.2) is 0 Å². The van der Waals surface area contributed by atoms with E-state index >= 15 is 0 Å². The van der Waals surface area contributed by atoms with Crippen molar-refractivity contribution in [2.45, 2.75) is 11.8 Å². The molecular formula is C18H14N2O2S2. The van der Waals surface area contributed by atoms with Gasteiger partial charge in [-0.05, 0) is 42.8 Å². The Morgan fingerprint density at radius 2 is 1.71 bits per heavy atom. The zero-order chi connectivity index (χ0) is 17.2. The first-order chi connectivity index (χ1) is 11.5. The second-order valence-corrected chi connectivity index (χ2v) is 7.90. The van der Waals surface area contributed by atoms with Crippen LogP contribution in [0.1, 0.15) is 11.1 Å². The number of benzene rings is 2. The third kappa shape index (κ3) is 3.48. The number of aryl methyl sites for hydroxylation is 1. The van der Waals surface area contributed by atoms with Crippen LogP contribution < -0.4 is 4.72 Å². The molecule has 0 fully saturated rings. The number of sulfonamides is 1. The number of anilines is 1. The fourth-order valence-corrected chi connectivity index (χ4v) is 4.14. The molecule has 0 unspecified atom stereocenters. The minimum absolute atomic E-state index is 0.235. The van der Waals surface area contributed by atoms with Crippen molar-refractivity contribution in [1.82, 2.24) is 0 Å². The molecule has 24 heavy (non-hydrogen) atoms. The van der Waals surface area contributed by atoms with E-state index < -0.39 is 10.0 Å². The van der Waals surface area contributed by atoms with E-state index in [1.165, 1.54) is 11.3 Å². The van der Waals surface area contributed by atoms with Crippen molar-refractivity contribution >= 4 is 27.0 Å². The Kier molecular flexibility index (Phi) is 4.38. The van der Waals surface area contributed by atoms with E-state index in [1.807, 2.05) is 19.1 Å². The first-order valence-electron chi connectivity index (χ1n) is 7.16. The van der Waals surface area contributed by atoms with Gasteiger partial charge in [0.2, 0.25) is 0 Å². The molecule has 4 nitrogen and oxygen atoms in total. The summed E-state index contributed by atoms with van der Waals surface area (Å²) in [4.78, 5) is 1.17. The Morgan fingerprint density at radius 1 is 1.04 bits per heavy atom. The van der Waals surface area contributed by atoms with Gasteiger partial charge in [-0.2, -0.15) is 5.26 Å². The summed E-state index contributed by atoms with van der Waals surface area (Å²) in [5.74, 6) is 0. The van der Waals surface area contributed by atoms with Crippen molar-refractivity contribution < 1.29 is 8.42 Å². The highest BCUT2D eigenvalue weighted by molar-refractivity contribution is 7.92. The first kappa shape index (κ1) is 16.2. The molecule has 1 aromatic heterocycles. The van der Waals surface area contributed by atoms with E-state index in [9.17, 15) is 8.42 Å². The summed E-state index contributed by atoms with van der Waals surface area (Å²) < 4.78 is 27.4. The van der Waals surface area contributed by atoms with E-state index in [0.717, 1.165) is 16.0 Å². The molecule has 6 heteroatoms. The van der Waals surface area contributed by atoms with E-state index in [0.29, 0.717) is 11.3 Å². The van der Waals surface area contributed by atoms with Crippen molar-refractivity contribution in [2.75, 3.05) is 4.72 Å². The van der Waals surface area contributed by atoms with Gasteiger partial charge in [-0.15, -0.1) is 11.3 Å². The maximum absolute atomic E-state index is 12.4. The number of rotatable bonds is 4. The minimum Gasteiger partial charge on any atom is -0.279 e. The molecule has 0 radical (unpaired) electrons. The third-order valence-electron chi connectivity index (χ3n) is 3.48. The Balaban J connectivity index is 1.83. The second-order valence-electron chi connectivity index (χ2n) is 5.31. The highest BCUT2D eigenvalue weighted by atomic mass is 32.2. The summed E-state index contributed by atoms with van der Waals surface area (Å²) in [6, 6.07) is 17.8. The van der Waals surface area contributed by atoms with Crippen molar-refractivity contribution in [1.29, 1.82) is 5.26 Å². The van der Waals surface area contributed by atoms with E-state index in [-0.39, 0.29) is 4.90 Å². The van der Waals surface area contributed by atoms with Gasteiger partial charge in [0, 0.05) is 10.3 Å². The van der Waals surface area contributed by atoms with Crippen molar-refractivity contribution in [3.63, 3.8) is 0 Å². The Bertz CT molecular complexity index is 996. The lowest BCUT2D eigenvalue weighted by Gasteiger charge is -2.06. The Morgan fingerprint density at radius 3 is 2.33 bits per heavy atom. The predicted octanol–water partition coefficient (Wildman–Crippen LogP) is 4.40. The number of hydrogen-bond donors (Lipinski definition) is 1. The second kappa shape index (κ2) is 6.48. The molecule has 0 bridgehead atoms. The van der Waals surface area contributed by atoms with Gasteiger partial charge in [-0.25, -0.2) is 8.42 Å². The van der Waals surface area contributed by atoms with Crippen LogP contribution in [0.15, 0.2) is 64.9 Å². The monoisotopic (exact) mass is 354 g/mol. The quantitative estimate of drug-likeness (QED) is 0.755. The van der Waals surface area contributed by atoms with Crippen LogP contribution in [-0.4, -0.2) is 8.42 Å². The first-order valence-corrected chi connectivity index (χ1v) is 9.53. The number of thiophene rings is 1. The maximum atomic E-state index is 12.4. The average Bonchev–Trinajstić information content (AvgIpc) is 3.03. The summed E-state index contributed by atoms with van der Waals surface area (Å²) in [6.07, 6.45) is 0. The van der Waals surface area contributed by atoms with Crippen LogP contribution in [0.25, 0.3) is 10.4 Å². The summed E-state index contributed by atoms with van der Waals surface area (Å²) in [5, 5.41) is 10.6. The topological polar surface area (TPSA) is 70.0 Å². The molecule has 0 amide bonds. The highest BCUT2D eigenvalue weighted by Gasteiger charge is 2.15. The molecule has 1 N–H and O–H groups in total. The molecule has 0 aliphatic carbocycles. The van der Waals surface area contributed by atoms with Gasteiger partial charge in [-0.1, -0.05) is 29.8 Å². The van der Waals surface area contributed by atoms with Gasteiger partial charge in [0.1, 0.15) is 0 Å². The number of nitriles is 1. The van der Waals surface area contributed by atoms with Gasteiger partial charge < -0.3 is 0 Å². The maximum Gasteiger partial charge on any atom is 0.261 e. The molecule has 3 rings (SSSR count). The van der Waals surface area contributed by atoms with Crippen LogP contribution >= 0.6 is 11.3 Å². The lowest BCUT2D eigenvalue weighted by molar-refractivity contribution is 0.601. The molecule has 0 spiro atoms. The van der Waals surface area contributed by atoms with Crippen molar-refractivity contribution in [3.05, 3.63) is 71.1 Å². The molecule has 0 saturated carbocycles. The third-order valence-corrected chi connectivity index (χ3v) is 5.86. The molecule has 1 heterocycles. The molecule has 0 aliphatic heterocycles. The smallest absolute Gasteiger partial charge is 0.261 e. The fourth-order valence-electron chi connectivity index (χ4n) is 2.18. The zero-order valence-electron chi connectivity index (χ0n) is 12.9. The highest BCUT2D eigenvalue weighted by Crippen LogP contribution is 2.31. The van der Waals surface area contributed by atoms with Crippen LogP contribution in [0, 0.1) is 18.3 Å². The van der Waals surface area contributed by atoms with E-state index in [1.54, 1.807) is 47.8 Å². The number of nitrogens with one attached hydrogen (secondary N) is 1. The van der Waals surface area contributed by atoms with Gasteiger partial charge in [0.05, 0.1) is 22.2 Å². The van der Waals surface area contributed by atoms with Crippen LogP contribution in [0.3, 0.4) is 0 Å². The Hall–Kier alpha value is -2.62. The van der Waals surface area contributed by atoms with Gasteiger partial charge in [-0.3, -0.25) is 4.72 Å². The standard InChI is InChI=1S/C18H14N2O2S2/c1-13-2-8-17(9-3-13)24(21,22)20-16-10-18(23-12-16)15-6-4-14(11-19)5-7-15/h2-10,12,20H,1H3. The normalized spacial score (nSPS) is 11.0. The molecule has 3 aromatic rings. The van der Waals surface area contributed by atoms with Gasteiger partial charge in [0.25, 0.3) is 10.0 Å². The summed E-state index contributed by atoms with van der Waals surface area (Å²) in [6.45, 7) is 1.91. The fraction of sp³-hybridized carbons (Fsp3) is 0.0556. The molecule has 0 saturated heterocycles. The molecular weight excluding hydrogens is 340 g/mol. The number of nitrogens with zero attached hydrogens (tertiary/aromatic N) is 1.